The summed E-state index contributed by atoms with van der Waals surface area (Å²) in [4.78, 5) is 11.7. The van der Waals surface area contributed by atoms with Gasteiger partial charge in [-0.1, -0.05) is 24.3 Å². The molecule has 1 aromatic rings. The molecular weight excluding hydrogens is 266 g/mol. The Balaban J connectivity index is 2.24. The number of methoxy groups -OCH3 is 1. The summed E-state index contributed by atoms with van der Waals surface area (Å²) in [5.74, 6) is -0.479. The number of rotatable bonds is 3. The molecule has 1 aliphatic rings. The summed E-state index contributed by atoms with van der Waals surface area (Å²) in [5, 5.41) is 0. The molecule has 0 saturated heterocycles. The lowest BCUT2D eigenvalue weighted by Crippen LogP contribution is -2.37. The van der Waals surface area contributed by atoms with Crippen LogP contribution >= 0.6 is 0 Å². The van der Waals surface area contributed by atoms with Crippen LogP contribution in [0.25, 0.3) is 0 Å². The topological polar surface area (TPSA) is 63.7 Å². The van der Waals surface area contributed by atoms with Gasteiger partial charge in [0.15, 0.2) is 0 Å². The van der Waals surface area contributed by atoms with E-state index in [0.29, 0.717) is 18.5 Å². The number of carbonyl (C=O) groups excluding carboxylic acids is 1. The second-order valence-corrected chi connectivity index (χ2v) is 6.10. The molecule has 0 radical (unpaired) electrons. The van der Waals surface area contributed by atoms with Gasteiger partial charge in [-0.05, 0) is 18.6 Å². The first-order valence-electron chi connectivity index (χ1n) is 5.88. The van der Waals surface area contributed by atoms with E-state index in [2.05, 4.69) is 4.74 Å². The lowest BCUT2D eigenvalue weighted by Gasteiger charge is -2.25. The monoisotopic (exact) mass is 281 g/mol. The van der Waals surface area contributed by atoms with Crippen molar-refractivity contribution in [2.24, 2.45) is 0 Å². The van der Waals surface area contributed by atoms with Gasteiger partial charge in [0.2, 0.25) is 10.0 Å². The second kappa shape index (κ2) is 5.54. The van der Waals surface area contributed by atoms with E-state index in [4.69, 9.17) is 0 Å². The van der Waals surface area contributed by atoms with E-state index < -0.39 is 16.0 Å². The van der Waals surface area contributed by atoms with Crippen molar-refractivity contribution in [2.45, 2.75) is 11.3 Å². The molecule has 5 nitrogen and oxygen atoms in total. The van der Waals surface area contributed by atoms with E-state index in [1.54, 1.807) is 36.4 Å². The highest BCUT2D eigenvalue weighted by molar-refractivity contribution is 7.89. The van der Waals surface area contributed by atoms with Gasteiger partial charge in [-0.2, -0.15) is 4.31 Å². The van der Waals surface area contributed by atoms with Crippen LogP contribution in [0.1, 0.15) is 6.42 Å². The van der Waals surface area contributed by atoms with Crippen LogP contribution in [0.4, 0.5) is 0 Å². The molecule has 102 valence electrons. The number of carbonyl (C=O) groups is 1. The molecule has 0 amide bonds. The fraction of sp³-hybridized carbons (Fsp3) is 0.308. The normalized spacial score (nSPS) is 16.8. The minimum absolute atomic E-state index is 0.0594. The average molecular weight is 281 g/mol. The number of nitrogens with zero attached hydrogens (tertiary/aromatic N) is 1. The first-order chi connectivity index (χ1) is 9.05. The van der Waals surface area contributed by atoms with Gasteiger partial charge in [0.05, 0.1) is 12.0 Å². The lowest BCUT2D eigenvalue weighted by molar-refractivity contribution is -0.136. The van der Waals surface area contributed by atoms with E-state index in [1.807, 2.05) is 0 Å². The summed E-state index contributed by atoms with van der Waals surface area (Å²) in [6.07, 6.45) is 2.24. The molecule has 0 aromatic heterocycles. The molecule has 0 atom stereocenters. The third-order valence-corrected chi connectivity index (χ3v) is 4.80. The average Bonchev–Trinajstić information content (AvgIpc) is 2.47. The minimum atomic E-state index is -3.55. The van der Waals surface area contributed by atoms with Crippen molar-refractivity contribution in [3.63, 3.8) is 0 Å². The summed E-state index contributed by atoms with van der Waals surface area (Å²) in [7, 11) is -2.27. The Labute approximate surface area is 112 Å². The van der Waals surface area contributed by atoms with Crippen molar-refractivity contribution in [3.8, 4) is 0 Å². The Morgan fingerprint density at radius 1 is 1.26 bits per heavy atom. The minimum Gasteiger partial charge on any atom is -0.466 e. The van der Waals surface area contributed by atoms with Crippen LogP contribution in [0.15, 0.2) is 46.9 Å². The third-order valence-electron chi connectivity index (χ3n) is 2.94. The molecule has 1 aromatic carbocycles. The Morgan fingerprint density at radius 3 is 2.58 bits per heavy atom. The number of ether oxygens (including phenoxy) is 1. The predicted octanol–water partition coefficient (Wildman–Crippen LogP) is 1.18. The molecule has 0 fully saturated rings. The van der Waals surface area contributed by atoms with E-state index in [1.165, 1.54) is 11.4 Å². The van der Waals surface area contributed by atoms with Crippen LogP contribution in [-0.4, -0.2) is 38.9 Å². The lowest BCUT2D eigenvalue weighted by atomic mass is 10.1. The van der Waals surface area contributed by atoms with Crippen LogP contribution in [0, 0.1) is 0 Å². The van der Waals surface area contributed by atoms with Crippen molar-refractivity contribution in [1.29, 1.82) is 0 Å². The first-order valence-corrected chi connectivity index (χ1v) is 7.32. The quantitative estimate of drug-likeness (QED) is 0.780. The molecule has 1 heterocycles. The molecule has 0 spiro atoms. The van der Waals surface area contributed by atoms with E-state index in [-0.39, 0.29) is 11.4 Å². The number of esters is 1. The van der Waals surface area contributed by atoms with Gasteiger partial charge < -0.3 is 4.74 Å². The molecule has 0 unspecified atom stereocenters. The summed E-state index contributed by atoms with van der Waals surface area (Å²) < 4.78 is 30.7. The molecule has 1 aliphatic heterocycles. The third kappa shape index (κ3) is 2.85. The van der Waals surface area contributed by atoms with Crippen LogP contribution in [0.3, 0.4) is 0 Å². The second-order valence-electron chi connectivity index (χ2n) is 4.16. The van der Waals surface area contributed by atoms with Crippen LogP contribution in [-0.2, 0) is 19.6 Å². The zero-order valence-electron chi connectivity index (χ0n) is 10.6. The maximum atomic E-state index is 12.4. The van der Waals surface area contributed by atoms with Crippen molar-refractivity contribution in [2.75, 3.05) is 20.2 Å². The van der Waals surface area contributed by atoms with Gasteiger partial charge in [-0.25, -0.2) is 13.2 Å². The van der Waals surface area contributed by atoms with E-state index in [9.17, 15) is 13.2 Å². The van der Waals surface area contributed by atoms with Crippen molar-refractivity contribution in [1.82, 2.24) is 4.31 Å². The molecule has 2 rings (SSSR count). The van der Waals surface area contributed by atoms with Crippen molar-refractivity contribution < 1.29 is 17.9 Å². The molecule has 0 aliphatic carbocycles. The first kappa shape index (κ1) is 13.8. The van der Waals surface area contributed by atoms with E-state index >= 15 is 0 Å². The van der Waals surface area contributed by atoms with Gasteiger partial charge in [-0.15, -0.1) is 0 Å². The zero-order valence-corrected chi connectivity index (χ0v) is 11.4. The Bertz CT molecular complexity index is 592. The highest BCUT2D eigenvalue weighted by Crippen LogP contribution is 2.20. The SMILES string of the molecule is COC(=O)C1=CCCN(S(=O)(=O)c2ccccc2)C1. The van der Waals surface area contributed by atoms with Crippen LogP contribution in [0.2, 0.25) is 0 Å². The molecule has 0 bridgehead atoms. The Hall–Kier alpha value is -1.66. The number of hydrogen-bond acceptors (Lipinski definition) is 4. The van der Waals surface area contributed by atoms with Crippen molar-refractivity contribution in [3.05, 3.63) is 42.0 Å². The highest BCUT2D eigenvalue weighted by Gasteiger charge is 2.28. The molecule has 0 N–H and O–H groups in total. The smallest absolute Gasteiger partial charge is 0.334 e. The molecule has 19 heavy (non-hydrogen) atoms. The highest BCUT2D eigenvalue weighted by atomic mass is 32.2. The fourth-order valence-corrected chi connectivity index (χ4v) is 3.40. The summed E-state index contributed by atoms with van der Waals surface area (Å²) in [6.45, 7) is 0.432. The number of hydrogen-bond donors (Lipinski definition) is 0. The molecule has 0 saturated carbocycles. The fourth-order valence-electron chi connectivity index (χ4n) is 1.94. The van der Waals surface area contributed by atoms with Gasteiger partial charge in [0.25, 0.3) is 0 Å². The predicted molar refractivity (Wildman–Crippen MR) is 69.9 cm³/mol. The van der Waals surface area contributed by atoms with Crippen LogP contribution < -0.4 is 0 Å². The maximum Gasteiger partial charge on any atom is 0.334 e. The Morgan fingerprint density at radius 2 is 1.95 bits per heavy atom. The number of sulfonamides is 1. The van der Waals surface area contributed by atoms with Gasteiger partial charge in [-0.3, -0.25) is 0 Å². The maximum absolute atomic E-state index is 12.4. The summed E-state index contributed by atoms with van der Waals surface area (Å²) in [6, 6.07) is 8.20. The molecular formula is C13H15NO4S. The zero-order chi connectivity index (χ0) is 13.9. The standard InChI is InChI=1S/C13H15NO4S/c1-18-13(15)11-6-5-9-14(10-11)19(16,17)12-7-3-2-4-8-12/h2-4,6-8H,5,9-10H2,1H3. The summed E-state index contributed by atoms with van der Waals surface area (Å²) in [5.41, 5.74) is 0.383. The summed E-state index contributed by atoms with van der Waals surface area (Å²) >= 11 is 0. The van der Waals surface area contributed by atoms with Gasteiger partial charge in [0.1, 0.15) is 0 Å². The van der Waals surface area contributed by atoms with E-state index in [0.717, 1.165) is 0 Å². The van der Waals surface area contributed by atoms with Gasteiger partial charge in [0, 0.05) is 18.7 Å². The number of benzene rings is 1. The van der Waals surface area contributed by atoms with Crippen LogP contribution in [0.5, 0.6) is 0 Å². The van der Waals surface area contributed by atoms with Crippen molar-refractivity contribution >= 4 is 16.0 Å². The largest absolute Gasteiger partial charge is 0.466 e. The Kier molecular flexibility index (Phi) is 4.01. The van der Waals surface area contributed by atoms with Gasteiger partial charge >= 0.3 is 5.97 Å². The molecule has 6 heteroatoms.